The third-order valence-corrected chi connectivity index (χ3v) is 5.49. The third-order valence-electron chi connectivity index (χ3n) is 5.49. The molecule has 1 saturated heterocycles. The molecule has 0 radical (unpaired) electrons. The Bertz CT molecular complexity index is 847. The molecule has 2 unspecified atom stereocenters. The average molecular weight is 379 g/mol. The monoisotopic (exact) mass is 379 g/mol. The zero-order valence-electron chi connectivity index (χ0n) is 16.0. The molecule has 0 spiro atoms. The Morgan fingerprint density at radius 3 is 2.43 bits per heavy atom. The molecule has 0 aromatic heterocycles. The first-order valence-corrected chi connectivity index (χ1v) is 9.69. The number of nitrogens with zero attached hydrogens (tertiary/aromatic N) is 2. The maximum atomic E-state index is 12.8. The summed E-state index contributed by atoms with van der Waals surface area (Å²) in [5.41, 5.74) is 1.88. The van der Waals surface area contributed by atoms with E-state index >= 15 is 0 Å². The molecule has 1 aliphatic carbocycles. The second-order valence-corrected chi connectivity index (χ2v) is 7.32. The number of methoxy groups -OCH3 is 1. The van der Waals surface area contributed by atoms with Crippen LogP contribution >= 0.6 is 0 Å². The zero-order valence-corrected chi connectivity index (χ0v) is 16.0. The Morgan fingerprint density at radius 2 is 1.71 bits per heavy atom. The summed E-state index contributed by atoms with van der Waals surface area (Å²) < 4.78 is 5.18. The molecule has 2 atom stereocenters. The molecule has 28 heavy (non-hydrogen) atoms. The highest BCUT2D eigenvalue weighted by atomic mass is 16.5. The summed E-state index contributed by atoms with van der Waals surface area (Å²) >= 11 is 0. The number of rotatable bonds is 5. The number of amides is 2. The van der Waals surface area contributed by atoms with Gasteiger partial charge < -0.3 is 19.9 Å². The van der Waals surface area contributed by atoms with Crippen LogP contribution in [0.4, 0.5) is 11.4 Å². The van der Waals surface area contributed by atoms with Gasteiger partial charge in [-0.1, -0.05) is 24.3 Å². The van der Waals surface area contributed by atoms with Gasteiger partial charge in [0.25, 0.3) is 0 Å². The Labute approximate surface area is 165 Å². The quantitative estimate of drug-likeness (QED) is 0.868. The van der Waals surface area contributed by atoms with Gasteiger partial charge in [-0.25, -0.2) is 0 Å². The fourth-order valence-electron chi connectivity index (χ4n) is 3.75. The molecule has 2 aliphatic rings. The molecule has 1 aliphatic heterocycles. The van der Waals surface area contributed by atoms with Crippen molar-refractivity contribution in [2.24, 2.45) is 11.8 Å². The zero-order chi connectivity index (χ0) is 19.5. The second kappa shape index (κ2) is 7.92. The third kappa shape index (κ3) is 3.96. The number of anilines is 2. The molecular weight excluding hydrogens is 354 g/mol. The number of piperazine rings is 1. The lowest BCUT2D eigenvalue weighted by atomic mass is 10.2. The van der Waals surface area contributed by atoms with Crippen molar-refractivity contribution in [3.05, 3.63) is 54.6 Å². The van der Waals surface area contributed by atoms with Crippen LogP contribution in [0.1, 0.15) is 6.42 Å². The minimum Gasteiger partial charge on any atom is -0.497 e. The smallest absolute Gasteiger partial charge is 0.228 e. The van der Waals surface area contributed by atoms with Crippen LogP contribution in [-0.4, -0.2) is 50.0 Å². The number of nitrogens with one attached hydrogen (secondary N) is 1. The van der Waals surface area contributed by atoms with Crippen LogP contribution in [0.25, 0.3) is 0 Å². The Morgan fingerprint density at radius 1 is 0.964 bits per heavy atom. The summed E-state index contributed by atoms with van der Waals surface area (Å²) in [6.45, 7) is 3.05. The molecule has 2 amide bonds. The summed E-state index contributed by atoms with van der Waals surface area (Å²) in [4.78, 5) is 29.5. The van der Waals surface area contributed by atoms with E-state index in [9.17, 15) is 9.59 Å². The van der Waals surface area contributed by atoms with Gasteiger partial charge >= 0.3 is 0 Å². The van der Waals surface area contributed by atoms with E-state index in [0.717, 1.165) is 13.1 Å². The maximum Gasteiger partial charge on any atom is 0.228 e. The van der Waals surface area contributed by atoms with Gasteiger partial charge in [-0.05, 0) is 30.7 Å². The first kappa shape index (κ1) is 18.3. The number of carbonyl (C=O) groups excluding carboxylic acids is 2. The first-order chi connectivity index (χ1) is 13.7. The highest BCUT2D eigenvalue weighted by Crippen LogP contribution is 2.41. The molecule has 1 saturated carbocycles. The van der Waals surface area contributed by atoms with Crippen molar-refractivity contribution in [3.63, 3.8) is 0 Å². The molecule has 1 heterocycles. The molecule has 1 N–H and O–H groups in total. The molecule has 2 aromatic carbocycles. The molecule has 0 bridgehead atoms. The predicted octanol–water partition coefficient (Wildman–Crippen LogP) is 2.62. The number of benzene rings is 2. The topological polar surface area (TPSA) is 61.9 Å². The van der Waals surface area contributed by atoms with Crippen LogP contribution in [0, 0.1) is 11.8 Å². The molecule has 2 fully saturated rings. The van der Waals surface area contributed by atoms with E-state index in [1.165, 1.54) is 5.69 Å². The van der Waals surface area contributed by atoms with Crippen molar-refractivity contribution in [2.45, 2.75) is 6.42 Å². The minimum atomic E-state index is -0.231. The highest BCUT2D eigenvalue weighted by molar-refractivity contribution is 5.99. The van der Waals surface area contributed by atoms with Crippen molar-refractivity contribution in [2.75, 3.05) is 43.5 Å². The first-order valence-electron chi connectivity index (χ1n) is 9.69. The maximum absolute atomic E-state index is 12.8. The lowest BCUT2D eigenvalue weighted by molar-refractivity contribution is -0.134. The number of carbonyl (C=O) groups is 2. The Hall–Kier alpha value is -3.02. The van der Waals surface area contributed by atoms with E-state index in [1.54, 1.807) is 13.2 Å². The fourth-order valence-corrected chi connectivity index (χ4v) is 3.75. The van der Waals surface area contributed by atoms with Gasteiger partial charge in [0.15, 0.2) is 0 Å². The van der Waals surface area contributed by atoms with Crippen molar-refractivity contribution >= 4 is 23.2 Å². The Balaban J connectivity index is 1.28. The lowest BCUT2D eigenvalue weighted by Crippen LogP contribution is -2.49. The van der Waals surface area contributed by atoms with E-state index < -0.39 is 0 Å². The van der Waals surface area contributed by atoms with Gasteiger partial charge in [0.1, 0.15) is 5.75 Å². The SMILES string of the molecule is COc1cccc(NC(=O)C2CC2C(=O)N2CCN(c3ccccc3)CC2)c1. The summed E-state index contributed by atoms with van der Waals surface area (Å²) in [6.07, 6.45) is 0.632. The van der Waals surface area contributed by atoms with E-state index in [-0.39, 0.29) is 23.7 Å². The molecule has 6 nitrogen and oxygen atoms in total. The van der Waals surface area contributed by atoms with Crippen molar-refractivity contribution in [1.82, 2.24) is 4.90 Å². The van der Waals surface area contributed by atoms with E-state index in [0.29, 0.717) is 30.9 Å². The number of hydrogen-bond donors (Lipinski definition) is 1. The van der Waals surface area contributed by atoms with E-state index in [4.69, 9.17) is 4.74 Å². The Kier molecular flexibility index (Phi) is 5.19. The summed E-state index contributed by atoms with van der Waals surface area (Å²) in [7, 11) is 1.59. The van der Waals surface area contributed by atoms with Gasteiger partial charge in [0.05, 0.1) is 18.9 Å². The minimum absolute atomic E-state index is 0.0884. The van der Waals surface area contributed by atoms with Crippen LogP contribution in [-0.2, 0) is 9.59 Å². The molecule has 6 heteroatoms. The van der Waals surface area contributed by atoms with Crippen LogP contribution in [0.15, 0.2) is 54.6 Å². The molecule has 4 rings (SSSR count). The molecule has 146 valence electrons. The molecule has 2 aromatic rings. The number of hydrogen-bond acceptors (Lipinski definition) is 4. The van der Waals surface area contributed by atoms with E-state index in [2.05, 4.69) is 22.3 Å². The lowest BCUT2D eigenvalue weighted by Gasteiger charge is -2.36. The van der Waals surface area contributed by atoms with E-state index in [1.807, 2.05) is 41.3 Å². The van der Waals surface area contributed by atoms with Crippen LogP contribution in [0.3, 0.4) is 0 Å². The number of ether oxygens (including phenoxy) is 1. The summed E-state index contributed by atoms with van der Waals surface area (Å²) in [6, 6.07) is 17.5. The highest BCUT2D eigenvalue weighted by Gasteiger charge is 2.49. The predicted molar refractivity (Wildman–Crippen MR) is 108 cm³/mol. The van der Waals surface area contributed by atoms with Crippen molar-refractivity contribution in [1.29, 1.82) is 0 Å². The van der Waals surface area contributed by atoms with Crippen LogP contribution < -0.4 is 15.0 Å². The average Bonchev–Trinajstić information content (AvgIpc) is 3.55. The van der Waals surface area contributed by atoms with Gasteiger partial charge in [-0.3, -0.25) is 9.59 Å². The standard InChI is InChI=1S/C22H25N3O3/c1-28-18-9-5-6-16(14-18)23-21(26)19-15-20(19)22(27)25-12-10-24(11-13-25)17-7-3-2-4-8-17/h2-9,14,19-20H,10-13,15H2,1H3,(H,23,26). The van der Waals surface area contributed by atoms with Gasteiger partial charge in [0.2, 0.25) is 11.8 Å². The molecular formula is C22H25N3O3. The van der Waals surface area contributed by atoms with Crippen molar-refractivity contribution < 1.29 is 14.3 Å². The number of para-hydroxylation sites is 1. The van der Waals surface area contributed by atoms with Crippen molar-refractivity contribution in [3.8, 4) is 5.75 Å². The normalized spacial score (nSPS) is 21.2. The van der Waals surface area contributed by atoms with Gasteiger partial charge in [-0.2, -0.15) is 0 Å². The van der Waals surface area contributed by atoms with Gasteiger partial charge in [0, 0.05) is 43.6 Å². The fraction of sp³-hybridized carbons (Fsp3) is 0.364. The van der Waals surface area contributed by atoms with Crippen LogP contribution in [0.5, 0.6) is 5.75 Å². The second-order valence-electron chi connectivity index (χ2n) is 7.32. The largest absolute Gasteiger partial charge is 0.497 e. The summed E-state index contributed by atoms with van der Waals surface area (Å²) in [5, 5.41) is 2.90. The van der Waals surface area contributed by atoms with Crippen LogP contribution in [0.2, 0.25) is 0 Å². The summed E-state index contributed by atoms with van der Waals surface area (Å²) in [5.74, 6) is 0.297. The van der Waals surface area contributed by atoms with Gasteiger partial charge in [-0.15, -0.1) is 0 Å².